The first kappa shape index (κ1) is 21.2. The van der Waals surface area contributed by atoms with Crippen LogP contribution in [-0.4, -0.2) is 22.0 Å². The maximum absolute atomic E-state index is 12.4. The number of aliphatic hydroxyl groups is 1. The Bertz CT molecular complexity index is 920. The van der Waals surface area contributed by atoms with Crippen molar-refractivity contribution in [2.75, 3.05) is 0 Å². The van der Waals surface area contributed by atoms with E-state index < -0.39 is 12.1 Å². The van der Waals surface area contributed by atoms with Gasteiger partial charge in [0.25, 0.3) is 0 Å². The summed E-state index contributed by atoms with van der Waals surface area (Å²) in [7, 11) is 0. The molecule has 1 fully saturated rings. The highest BCUT2D eigenvalue weighted by atomic mass is 32.1. The Balaban J connectivity index is 1.62. The molecule has 3 atom stereocenters. The van der Waals surface area contributed by atoms with Crippen molar-refractivity contribution in [3.8, 4) is 0 Å². The molecule has 2 aromatic rings. The largest absolute Gasteiger partial charge is 0.481 e. The van der Waals surface area contributed by atoms with E-state index in [0.29, 0.717) is 25.7 Å². The Morgan fingerprint density at radius 3 is 2.86 bits per heavy atom. The minimum Gasteiger partial charge on any atom is -0.481 e. The highest BCUT2D eigenvalue weighted by molar-refractivity contribution is 7.19. The van der Waals surface area contributed by atoms with Gasteiger partial charge in [0.2, 0.25) is 0 Å². The van der Waals surface area contributed by atoms with Gasteiger partial charge in [0.1, 0.15) is 11.9 Å². The van der Waals surface area contributed by atoms with E-state index in [-0.39, 0.29) is 24.0 Å². The van der Waals surface area contributed by atoms with Crippen LogP contribution in [0.25, 0.3) is 10.1 Å². The third-order valence-corrected chi connectivity index (χ3v) is 6.47. The molecule has 1 aliphatic rings. The van der Waals surface area contributed by atoms with Gasteiger partial charge in [-0.15, -0.1) is 11.3 Å². The van der Waals surface area contributed by atoms with Crippen molar-refractivity contribution in [1.29, 1.82) is 0 Å². The monoisotopic (exact) mass is 410 g/mol. The minimum atomic E-state index is -0.782. The Morgan fingerprint density at radius 1 is 1.31 bits per heavy atom. The SMILES string of the molecule is C=C1CC(=O)[C@H](/C=C/[C@@H](O)c2cc3ccccc3s2)[C@H]1C/C=C\CCCC(=O)O. The normalized spacial score (nSPS) is 21.0. The van der Waals surface area contributed by atoms with Crippen LogP contribution in [0.3, 0.4) is 0 Å². The zero-order valence-corrected chi connectivity index (χ0v) is 17.1. The number of hydrogen-bond donors (Lipinski definition) is 2. The lowest BCUT2D eigenvalue weighted by Crippen LogP contribution is -2.12. The second kappa shape index (κ2) is 9.81. The highest BCUT2D eigenvalue weighted by Crippen LogP contribution is 2.37. The van der Waals surface area contributed by atoms with Crippen molar-refractivity contribution in [3.05, 3.63) is 71.7 Å². The predicted molar refractivity (Wildman–Crippen MR) is 117 cm³/mol. The molecule has 0 aliphatic heterocycles. The zero-order chi connectivity index (χ0) is 20.8. The van der Waals surface area contributed by atoms with E-state index in [2.05, 4.69) is 6.58 Å². The third-order valence-electron chi connectivity index (χ3n) is 5.29. The topological polar surface area (TPSA) is 74.6 Å². The number of ketones is 1. The molecule has 1 aliphatic carbocycles. The molecule has 152 valence electrons. The van der Waals surface area contributed by atoms with Crippen LogP contribution in [0.4, 0.5) is 0 Å². The van der Waals surface area contributed by atoms with Gasteiger partial charge in [0.05, 0.1) is 0 Å². The number of fused-ring (bicyclic) bond motifs is 1. The van der Waals surface area contributed by atoms with E-state index in [1.54, 1.807) is 17.4 Å². The van der Waals surface area contributed by atoms with Gasteiger partial charge < -0.3 is 10.2 Å². The number of rotatable bonds is 9. The molecule has 3 rings (SSSR count). The summed E-state index contributed by atoms with van der Waals surface area (Å²) in [6.45, 7) is 4.06. The standard InChI is InChI=1S/C24H26O4S/c1-16-14-21(26)19(18(16)9-4-2-3-5-11-24(27)28)12-13-20(25)23-15-17-8-6-7-10-22(17)29-23/h2,4,6-8,10,12-13,15,18-20,25H,1,3,5,9,11,14H2,(H,27,28)/b4-2-,13-12+/t18-,19+,20+/m0/s1. The van der Waals surface area contributed by atoms with E-state index in [1.165, 1.54) is 0 Å². The van der Waals surface area contributed by atoms with E-state index in [0.717, 1.165) is 20.5 Å². The maximum Gasteiger partial charge on any atom is 0.303 e. The Hall–Kier alpha value is -2.50. The molecule has 0 spiro atoms. The fourth-order valence-corrected chi connectivity index (χ4v) is 4.74. The Labute approximate surface area is 174 Å². The van der Waals surface area contributed by atoms with Crippen LogP contribution in [0, 0.1) is 11.8 Å². The third kappa shape index (κ3) is 5.52. The molecule has 0 saturated heterocycles. The van der Waals surface area contributed by atoms with Crippen molar-refractivity contribution < 1.29 is 19.8 Å². The summed E-state index contributed by atoms with van der Waals surface area (Å²) in [5, 5.41) is 20.3. The van der Waals surface area contributed by atoms with Crippen LogP contribution in [0.1, 0.15) is 43.1 Å². The van der Waals surface area contributed by atoms with Crippen LogP contribution in [0.2, 0.25) is 0 Å². The van der Waals surface area contributed by atoms with Crippen molar-refractivity contribution >= 4 is 33.2 Å². The number of unbranched alkanes of at least 4 members (excludes halogenated alkanes) is 1. The summed E-state index contributed by atoms with van der Waals surface area (Å²) in [4.78, 5) is 23.8. The fourth-order valence-electron chi connectivity index (χ4n) is 3.71. The van der Waals surface area contributed by atoms with Crippen molar-refractivity contribution in [3.63, 3.8) is 0 Å². The number of benzene rings is 1. The fraction of sp³-hybridized carbons (Fsp3) is 0.333. The molecule has 0 radical (unpaired) electrons. The van der Waals surface area contributed by atoms with Gasteiger partial charge in [-0.05, 0) is 42.7 Å². The Kier molecular flexibility index (Phi) is 7.18. The lowest BCUT2D eigenvalue weighted by atomic mass is 9.89. The molecule has 0 bridgehead atoms. The molecule has 1 aromatic heterocycles. The quantitative estimate of drug-likeness (QED) is 0.426. The number of allylic oxidation sites excluding steroid dienone is 4. The molecule has 4 nitrogen and oxygen atoms in total. The van der Waals surface area contributed by atoms with Crippen LogP contribution < -0.4 is 0 Å². The van der Waals surface area contributed by atoms with E-state index in [4.69, 9.17) is 5.11 Å². The molecule has 2 N–H and O–H groups in total. The number of aliphatic hydroxyl groups excluding tert-OH is 1. The number of carboxylic acids is 1. The predicted octanol–water partition coefficient (Wildman–Crippen LogP) is 5.45. The number of carboxylic acid groups (broad SMARTS) is 1. The van der Waals surface area contributed by atoms with Crippen LogP contribution in [0.15, 0.2) is 66.8 Å². The van der Waals surface area contributed by atoms with Gasteiger partial charge in [0.15, 0.2) is 0 Å². The second-order valence-electron chi connectivity index (χ2n) is 7.44. The lowest BCUT2D eigenvalue weighted by molar-refractivity contribution is -0.137. The van der Waals surface area contributed by atoms with Gasteiger partial charge >= 0.3 is 5.97 Å². The average Bonchev–Trinajstić information content (AvgIpc) is 3.23. The number of aliphatic carboxylic acids is 1. The van der Waals surface area contributed by atoms with E-state index in [1.807, 2.05) is 48.6 Å². The van der Waals surface area contributed by atoms with Crippen LogP contribution in [-0.2, 0) is 9.59 Å². The number of Topliss-reactive ketones (excluding diaryl/α,β-unsaturated/α-hetero) is 1. The molecule has 1 aromatic carbocycles. The second-order valence-corrected chi connectivity index (χ2v) is 8.56. The van der Waals surface area contributed by atoms with Gasteiger partial charge in [-0.2, -0.15) is 0 Å². The van der Waals surface area contributed by atoms with Gasteiger partial charge in [0, 0.05) is 28.3 Å². The lowest BCUT2D eigenvalue weighted by Gasteiger charge is -2.14. The molecule has 1 heterocycles. The number of hydrogen-bond acceptors (Lipinski definition) is 4. The van der Waals surface area contributed by atoms with Gasteiger partial charge in [-0.1, -0.05) is 54.7 Å². The van der Waals surface area contributed by atoms with Crippen molar-refractivity contribution in [1.82, 2.24) is 0 Å². The molecule has 29 heavy (non-hydrogen) atoms. The summed E-state index contributed by atoms with van der Waals surface area (Å²) in [6.07, 6.45) is 9.38. The summed E-state index contributed by atoms with van der Waals surface area (Å²) < 4.78 is 1.13. The summed E-state index contributed by atoms with van der Waals surface area (Å²) >= 11 is 1.56. The maximum atomic E-state index is 12.4. The molecule has 0 amide bonds. The number of carbonyl (C=O) groups excluding carboxylic acids is 1. The summed E-state index contributed by atoms with van der Waals surface area (Å²) in [6, 6.07) is 10.00. The first-order valence-corrected chi connectivity index (χ1v) is 10.7. The summed E-state index contributed by atoms with van der Waals surface area (Å²) in [5.74, 6) is -0.881. The minimum absolute atomic E-state index is 0.0316. The first-order valence-electron chi connectivity index (χ1n) is 9.87. The van der Waals surface area contributed by atoms with E-state index in [9.17, 15) is 14.7 Å². The number of thiophene rings is 1. The van der Waals surface area contributed by atoms with E-state index >= 15 is 0 Å². The highest BCUT2D eigenvalue weighted by Gasteiger charge is 2.34. The van der Waals surface area contributed by atoms with Gasteiger partial charge in [-0.3, -0.25) is 9.59 Å². The first-order chi connectivity index (χ1) is 14.0. The molecule has 0 unspecified atom stereocenters. The number of carbonyl (C=O) groups is 2. The molecule has 1 saturated carbocycles. The van der Waals surface area contributed by atoms with Crippen molar-refractivity contribution in [2.24, 2.45) is 11.8 Å². The zero-order valence-electron chi connectivity index (χ0n) is 16.3. The smallest absolute Gasteiger partial charge is 0.303 e. The summed E-state index contributed by atoms with van der Waals surface area (Å²) in [5.41, 5.74) is 0.927. The van der Waals surface area contributed by atoms with Gasteiger partial charge in [-0.25, -0.2) is 0 Å². The van der Waals surface area contributed by atoms with Crippen LogP contribution in [0.5, 0.6) is 0 Å². The Morgan fingerprint density at radius 2 is 2.10 bits per heavy atom. The van der Waals surface area contributed by atoms with Crippen molar-refractivity contribution in [2.45, 2.75) is 38.2 Å². The van der Waals surface area contributed by atoms with Crippen LogP contribution >= 0.6 is 11.3 Å². The molecular formula is C24H26O4S. The molecular weight excluding hydrogens is 384 g/mol. The molecule has 5 heteroatoms. The average molecular weight is 411 g/mol.